The summed E-state index contributed by atoms with van der Waals surface area (Å²) < 4.78 is 5.67. The zero-order valence-corrected chi connectivity index (χ0v) is 11.1. The van der Waals surface area contributed by atoms with E-state index >= 15 is 0 Å². The first kappa shape index (κ1) is 13.6. The molecule has 0 N–H and O–H groups in total. The zero-order valence-electron chi connectivity index (χ0n) is 10.3. The Bertz CT molecular complexity index is 586. The van der Waals surface area contributed by atoms with Crippen molar-refractivity contribution in [3.63, 3.8) is 0 Å². The molecule has 0 unspecified atom stereocenters. The van der Waals surface area contributed by atoms with E-state index in [2.05, 4.69) is 0 Å². The van der Waals surface area contributed by atoms with Gasteiger partial charge in [0.2, 0.25) is 0 Å². The molecule has 19 heavy (non-hydrogen) atoms. The number of nitro groups is 1. The van der Waals surface area contributed by atoms with Crippen molar-refractivity contribution in [2.45, 2.75) is 12.8 Å². The number of nitro benzene ring substituents is 1. The summed E-state index contributed by atoms with van der Waals surface area (Å²) in [6, 6.07) is 10.3. The van der Waals surface area contributed by atoms with E-state index in [0.29, 0.717) is 23.6 Å². The lowest BCUT2D eigenvalue weighted by atomic mass is 10.1. The summed E-state index contributed by atoms with van der Waals surface area (Å²) in [7, 11) is 0. The van der Waals surface area contributed by atoms with E-state index in [-0.39, 0.29) is 10.6 Å². The first-order valence-electron chi connectivity index (χ1n) is 6.09. The van der Waals surface area contributed by atoms with Crippen LogP contribution in [0.4, 0.5) is 5.69 Å². The van der Waals surface area contributed by atoms with Gasteiger partial charge in [0.15, 0.2) is 0 Å². The van der Waals surface area contributed by atoms with Crippen LogP contribution in [-0.4, -0.2) is 17.4 Å². The maximum atomic E-state index is 11.0. The molecule has 0 saturated carbocycles. The van der Waals surface area contributed by atoms with Crippen LogP contribution in [-0.2, 0) is 0 Å². The standard InChI is InChI=1S/C14H14ClNO3/c15-9-3-4-10-19-14-8-7-13(16(17)18)11-5-1-2-6-12(11)14/h1-2,5-8H,3-4,9-10H2. The summed E-state index contributed by atoms with van der Waals surface area (Å²) in [5.74, 6) is 1.29. The highest BCUT2D eigenvalue weighted by atomic mass is 35.5. The average Bonchev–Trinajstić information content (AvgIpc) is 2.43. The first-order valence-corrected chi connectivity index (χ1v) is 6.62. The van der Waals surface area contributed by atoms with Gasteiger partial charge < -0.3 is 4.74 Å². The molecule has 100 valence electrons. The van der Waals surface area contributed by atoms with E-state index < -0.39 is 0 Å². The van der Waals surface area contributed by atoms with E-state index in [4.69, 9.17) is 16.3 Å². The first-order chi connectivity index (χ1) is 9.24. The highest BCUT2D eigenvalue weighted by molar-refractivity contribution is 6.17. The molecule has 2 aromatic carbocycles. The van der Waals surface area contributed by atoms with Gasteiger partial charge >= 0.3 is 0 Å². The Kier molecular flexibility index (Phi) is 4.58. The highest BCUT2D eigenvalue weighted by Crippen LogP contribution is 2.32. The van der Waals surface area contributed by atoms with E-state index in [9.17, 15) is 10.1 Å². The number of hydrogen-bond acceptors (Lipinski definition) is 3. The maximum absolute atomic E-state index is 11.0. The Morgan fingerprint density at radius 1 is 1.11 bits per heavy atom. The Labute approximate surface area is 116 Å². The monoisotopic (exact) mass is 279 g/mol. The van der Waals surface area contributed by atoms with Crippen LogP contribution in [0.25, 0.3) is 10.8 Å². The zero-order chi connectivity index (χ0) is 13.7. The van der Waals surface area contributed by atoms with Crippen molar-refractivity contribution in [3.05, 3.63) is 46.5 Å². The topological polar surface area (TPSA) is 52.4 Å². The second-order valence-electron chi connectivity index (χ2n) is 4.13. The fraction of sp³-hybridized carbons (Fsp3) is 0.286. The lowest BCUT2D eigenvalue weighted by molar-refractivity contribution is -0.383. The molecule has 0 aromatic heterocycles. The van der Waals surface area contributed by atoms with Crippen LogP contribution in [0, 0.1) is 10.1 Å². The highest BCUT2D eigenvalue weighted by Gasteiger charge is 2.14. The molecule has 0 bridgehead atoms. The summed E-state index contributed by atoms with van der Waals surface area (Å²) in [5, 5.41) is 12.3. The average molecular weight is 280 g/mol. The van der Waals surface area contributed by atoms with E-state index in [1.807, 2.05) is 12.1 Å². The second-order valence-corrected chi connectivity index (χ2v) is 4.51. The van der Waals surface area contributed by atoms with Crippen LogP contribution < -0.4 is 4.74 Å². The van der Waals surface area contributed by atoms with Gasteiger partial charge in [0, 0.05) is 17.3 Å². The summed E-state index contributed by atoms with van der Waals surface area (Å²) in [6.07, 6.45) is 1.77. The third-order valence-corrected chi connectivity index (χ3v) is 3.11. The fourth-order valence-corrected chi connectivity index (χ4v) is 2.11. The number of halogens is 1. The van der Waals surface area contributed by atoms with E-state index in [0.717, 1.165) is 18.2 Å². The van der Waals surface area contributed by atoms with Gasteiger partial charge in [0.25, 0.3) is 5.69 Å². The lowest BCUT2D eigenvalue weighted by Gasteiger charge is -2.09. The molecular weight excluding hydrogens is 266 g/mol. The minimum atomic E-state index is -0.375. The molecule has 0 fully saturated rings. The second kappa shape index (κ2) is 6.38. The van der Waals surface area contributed by atoms with Crippen LogP contribution in [0.3, 0.4) is 0 Å². The number of alkyl halides is 1. The van der Waals surface area contributed by atoms with Crippen LogP contribution in [0.5, 0.6) is 5.75 Å². The minimum absolute atomic E-state index is 0.101. The minimum Gasteiger partial charge on any atom is -0.493 e. The Balaban J connectivity index is 2.30. The number of hydrogen-bond donors (Lipinski definition) is 0. The van der Waals surface area contributed by atoms with Gasteiger partial charge in [0.1, 0.15) is 5.75 Å². The van der Waals surface area contributed by atoms with Crippen molar-refractivity contribution in [2.75, 3.05) is 12.5 Å². The number of non-ortho nitro benzene ring substituents is 1. The molecule has 0 saturated heterocycles. The Morgan fingerprint density at radius 3 is 2.53 bits per heavy atom. The van der Waals surface area contributed by atoms with Crippen LogP contribution in [0.1, 0.15) is 12.8 Å². The number of ether oxygens (including phenoxy) is 1. The molecule has 0 aliphatic heterocycles. The molecule has 2 rings (SSSR count). The molecular formula is C14H14ClNO3. The smallest absolute Gasteiger partial charge is 0.277 e. The predicted molar refractivity (Wildman–Crippen MR) is 76.1 cm³/mol. The van der Waals surface area contributed by atoms with E-state index in [1.165, 1.54) is 6.07 Å². The van der Waals surface area contributed by atoms with Crippen molar-refractivity contribution in [3.8, 4) is 5.75 Å². The summed E-state index contributed by atoms with van der Waals surface area (Å²) in [5.41, 5.74) is 0.101. The van der Waals surface area contributed by atoms with Crippen molar-refractivity contribution >= 4 is 28.1 Å². The summed E-state index contributed by atoms with van der Waals surface area (Å²) >= 11 is 5.60. The third kappa shape index (κ3) is 3.15. The van der Waals surface area contributed by atoms with Crippen molar-refractivity contribution in [1.29, 1.82) is 0 Å². The van der Waals surface area contributed by atoms with E-state index in [1.54, 1.807) is 18.2 Å². The third-order valence-electron chi connectivity index (χ3n) is 2.84. The predicted octanol–water partition coefficient (Wildman–Crippen LogP) is 4.15. The molecule has 5 heteroatoms. The molecule has 0 aliphatic rings. The Morgan fingerprint density at radius 2 is 1.84 bits per heavy atom. The normalized spacial score (nSPS) is 10.6. The van der Waals surface area contributed by atoms with Crippen LogP contribution in [0.2, 0.25) is 0 Å². The maximum Gasteiger partial charge on any atom is 0.277 e. The number of benzene rings is 2. The number of fused-ring (bicyclic) bond motifs is 1. The van der Waals surface area contributed by atoms with Gasteiger partial charge in [-0.2, -0.15) is 0 Å². The quantitative estimate of drug-likeness (QED) is 0.345. The van der Waals surface area contributed by atoms with Crippen molar-refractivity contribution in [2.24, 2.45) is 0 Å². The van der Waals surface area contributed by atoms with Crippen LogP contribution in [0.15, 0.2) is 36.4 Å². The molecule has 0 heterocycles. The fourth-order valence-electron chi connectivity index (χ4n) is 1.92. The molecule has 4 nitrogen and oxygen atoms in total. The van der Waals surface area contributed by atoms with Crippen molar-refractivity contribution in [1.82, 2.24) is 0 Å². The summed E-state index contributed by atoms with van der Waals surface area (Å²) in [6.45, 7) is 0.564. The molecule has 0 atom stereocenters. The SMILES string of the molecule is O=[N+]([O-])c1ccc(OCCCCCl)c2ccccc12. The summed E-state index contributed by atoms with van der Waals surface area (Å²) in [4.78, 5) is 10.6. The molecule has 0 aliphatic carbocycles. The molecule has 0 spiro atoms. The van der Waals surface area contributed by atoms with Gasteiger partial charge in [-0.25, -0.2) is 0 Å². The molecule has 0 amide bonds. The molecule has 0 radical (unpaired) electrons. The largest absolute Gasteiger partial charge is 0.493 e. The van der Waals surface area contributed by atoms with Gasteiger partial charge in [-0.3, -0.25) is 10.1 Å². The van der Waals surface area contributed by atoms with Crippen LogP contribution >= 0.6 is 11.6 Å². The van der Waals surface area contributed by atoms with Gasteiger partial charge in [0.05, 0.1) is 16.9 Å². The number of unbranched alkanes of at least 4 members (excludes halogenated alkanes) is 1. The number of nitrogens with zero attached hydrogens (tertiary/aromatic N) is 1. The Hall–Kier alpha value is -1.81. The van der Waals surface area contributed by atoms with Gasteiger partial charge in [-0.15, -0.1) is 11.6 Å². The van der Waals surface area contributed by atoms with Crippen molar-refractivity contribution < 1.29 is 9.66 Å². The number of rotatable bonds is 6. The molecule has 2 aromatic rings. The lowest BCUT2D eigenvalue weighted by Crippen LogP contribution is -1.99. The van der Waals surface area contributed by atoms with Gasteiger partial charge in [-0.05, 0) is 25.0 Å². The van der Waals surface area contributed by atoms with Gasteiger partial charge in [-0.1, -0.05) is 18.2 Å².